The molecule has 1 heterocycles. The van der Waals surface area contributed by atoms with E-state index in [0.29, 0.717) is 0 Å². The van der Waals surface area contributed by atoms with Crippen molar-refractivity contribution in [2.75, 3.05) is 0 Å². The van der Waals surface area contributed by atoms with Gasteiger partial charge in [0.2, 0.25) is 0 Å². The van der Waals surface area contributed by atoms with Crippen molar-refractivity contribution in [1.82, 2.24) is 10.2 Å². The molecule has 0 unspecified atom stereocenters. The molecule has 0 atom stereocenters. The summed E-state index contributed by atoms with van der Waals surface area (Å²) in [6, 6.07) is 20.3. The van der Waals surface area contributed by atoms with Crippen LogP contribution in [0, 0.1) is 0 Å². The first-order valence-electron chi connectivity index (χ1n) is 6.18. The molecule has 94 valence electrons. The van der Waals surface area contributed by atoms with Crippen LogP contribution in [0.3, 0.4) is 0 Å². The van der Waals surface area contributed by atoms with E-state index in [-0.39, 0.29) is 6.61 Å². The molecule has 0 fully saturated rings. The number of aliphatic hydroxyl groups excluding tert-OH is 1. The number of benzene rings is 2. The molecule has 3 rings (SSSR count). The molecule has 3 aromatic rings. The minimum Gasteiger partial charge on any atom is -0.390 e. The van der Waals surface area contributed by atoms with E-state index in [9.17, 15) is 0 Å². The van der Waals surface area contributed by atoms with Crippen molar-refractivity contribution in [3.05, 3.63) is 66.4 Å². The molecule has 0 saturated heterocycles. The largest absolute Gasteiger partial charge is 0.390 e. The number of hydrogen-bond donors (Lipinski definition) is 2. The Morgan fingerprint density at radius 2 is 1.58 bits per heavy atom. The molecule has 0 spiro atoms. The highest BCUT2D eigenvalue weighted by Gasteiger charge is 2.05. The van der Waals surface area contributed by atoms with Crippen molar-refractivity contribution in [3.8, 4) is 22.4 Å². The van der Waals surface area contributed by atoms with Gasteiger partial charge in [0.15, 0.2) is 0 Å². The van der Waals surface area contributed by atoms with Gasteiger partial charge in [-0.25, -0.2) is 0 Å². The number of aromatic nitrogens is 2. The van der Waals surface area contributed by atoms with E-state index in [4.69, 9.17) is 5.11 Å². The van der Waals surface area contributed by atoms with Crippen molar-refractivity contribution in [2.24, 2.45) is 0 Å². The summed E-state index contributed by atoms with van der Waals surface area (Å²) in [6.45, 7) is -0.0224. The van der Waals surface area contributed by atoms with Crippen LogP contribution in [0.4, 0.5) is 0 Å². The Hall–Kier alpha value is -2.39. The average Bonchev–Trinajstić information content (AvgIpc) is 2.97. The van der Waals surface area contributed by atoms with E-state index >= 15 is 0 Å². The second kappa shape index (κ2) is 5.08. The molecule has 0 bridgehead atoms. The molecule has 0 amide bonds. The van der Waals surface area contributed by atoms with Gasteiger partial charge in [0.1, 0.15) is 0 Å². The van der Waals surface area contributed by atoms with Crippen molar-refractivity contribution >= 4 is 0 Å². The molecule has 0 aliphatic rings. The van der Waals surface area contributed by atoms with Crippen LogP contribution in [-0.4, -0.2) is 15.3 Å². The molecule has 0 aliphatic heterocycles. The molecule has 3 nitrogen and oxygen atoms in total. The van der Waals surface area contributed by atoms with Gasteiger partial charge in [-0.1, -0.05) is 48.5 Å². The van der Waals surface area contributed by atoms with Gasteiger partial charge < -0.3 is 5.11 Å². The van der Waals surface area contributed by atoms with Gasteiger partial charge in [0, 0.05) is 5.56 Å². The van der Waals surface area contributed by atoms with E-state index in [1.54, 1.807) is 0 Å². The van der Waals surface area contributed by atoms with Gasteiger partial charge in [-0.15, -0.1) is 0 Å². The van der Waals surface area contributed by atoms with Crippen LogP contribution >= 0.6 is 0 Å². The highest BCUT2D eigenvalue weighted by Crippen LogP contribution is 2.25. The Balaban J connectivity index is 2.00. The summed E-state index contributed by atoms with van der Waals surface area (Å²) < 4.78 is 0. The van der Waals surface area contributed by atoms with Crippen molar-refractivity contribution in [3.63, 3.8) is 0 Å². The third-order valence-electron chi connectivity index (χ3n) is 3.07. The zero-order valence-corrected chi connectivity index (χ0v) is 10.4. The number of hydrogen-bond acceptors (Lipinski definition) is 2. The third-order valence-corrected chi connectivity index (χ3v) is 3.07. The van der Waals surface area contributed by atoms with Gasteiger partial charge in [-0.3, -0.25) is 5.10 Å². The lowest BCUT2D eigenvalue weighted by Gasteiger charge is -2.03. The topological polar surface area (TPSA) is 48.9 Å². The second-order valence-electron chi connectivity index (χ2n) is 4.38. The summed E-state index contributed by atoms with van der Waals surface area (Å²) in [7, 11) is 0. The molecular formula is C16H14N2O. The molecule has 0 aliphatic carbocycles. The van der Waals surface area contributed by atoms with E-state index in [0.717, 1.165) is 22.5 Å². The molecule has 3 heteroatoms. The Bertz CT molecular complexity index is 674. The minimum absolute atomic E-state index is 0.0224. The fraction of sp³-hybridized carbons (Fsp3) is 0.0625. The number of H-pyrrole nitrogens is 1. The first kappa shape index (κ1) is 11.7. The smallest absolute Gasteiger partial charge is 0.0924 e. The van der Waals surface area contributed by atoms with Crippen LogP contribution in [0.25, 0.3) is 22.4 Å². The second-order valence-corrected chi connectivity index (χ2v) is 4.38. The van der Waals surface area contributed by atoms with Gasteiger partial charge in [0.25, 0.3) is 0 Å². The first-order valence-corrected chi connectivity index (χ1v) is 6.18. The van der Waals surface area contributed by atoms with Crippen LogP contribution in [0.1, 0.15) is 5.69 Å². The highest BCUT2D eigenvalue weighted by atomic mass is 16.3. The first-order chi connectivity index (χ1) is 9.36. The van der Waals surface area contributed by atoms with Gasteiger partial charge in [-0.2, -0.15) is 5.10 Å². The molecule has 19 heavy (non-hydrogen) atoms. The standard InChI is InChI=1S/C16H14N2O/c19-11-15-10-16(18-17-15)14-8-4-7-13(9-14)12-5-2-1-3-6-12/h1-10,19H,11H2,(H,17,18). The lowest BCUT2D eigenvalue weighted by atomic mass is 10.0. The van der Waals surface area contributed by atoms with Crippen LogP contribution in [0.5, 0.6) is 0 Å². The number of nitrogens with one attached hydrogen (secondary N) is 1. The Morgan fingerprint density at radius 3 is 2.32 bits per heavy atom. The summed E-state index contributed by atoms with van der Waals surface area (Å²) in [5.74, 6) is 0. The number of rotatable bonds is 3. The van der Waals surface area contributed by atoms with Crippen molar-refractivity contribution in [2.45, 2.75) is 6.61 Å². The van der Waals surface area contributed by atoms with Gasteiger partial charge >= 0.3 is 0 Å². The molecule has 1 aromatic heterocycles. The number of aliphatic hydroxyl groups is 1. The fourth-order valence-electron chi connectivity index (χ4n) is 2.08. The maximum atomic E-state index is 9.06. The normalized spacial score (nSPS) is 10.6. The van der Waals surface area contributed by atoms with Gasteiger partial charge in [-0.05, 0) is 23.3 Å². The summed E-state index contributed by atoms with van der Waals surface area (Å²) in [5.41, 5.74) is 4.95. The Labute approximate surface area is 111 Å². The fourth-order valence-corrected chi connectivity index (χ4v) is 2.08. The van der Waals surface area contributed by atoms with Crippen LogP contribution in [0.15, 0.2) is 60.7 Å². The summed E-state index contributed by atoms with van der Waals surface area (Å²) in [4.78, 5) is 0. The van der Waals surface area contributed by atoms with Crippen LogP contribution in [0.2, 0.25) is 0 Å². The zero-order chi connectivity index (χ0) is 13.1. The predicted octanol–water partition coefficient (Wildman–Crippen LogP) is 3.24. The zero-order valence-electron chi connectivity index (χ0n) is 10.4. The SMILES string of the molecule is OCc1cc(-c2cccc(-c3ccccc3)c2)n[nH]1. The van der Waals surface area contributed by atoms with E-state index in [1.165, 1.54) is 5.56 Å². The maximum absolute atomic E-state index is 9.06. The minimum atomic E-state index is -0.0224. The lowest BCUT2D eigenvalue weighted by molar-refractivity contribution is 0.276. The van der Waals surface area contributed by atoms with Crippen molar-refractivity contribution < 1.29 is 5.11 Å². The van der Waals surface area contributed by atoms with Crippen molar-refractivity contribution in [1.29, 1.82) is 0 Å². The molecule has 0 radical (unpaired) electrons. The Kier molecular flexibility index (Phi) is 3.12. The Morgan fingerprint density at radius 1 is 0.842 bits per heavy atom. The van der Waals surface area contributed by atoms with Gasteiger partial charge in [0.05, 0.1) is 18.0 Å². The third kappa shape index (κ3) is 2.41. The molecular weight excluding hydrogens is 236 g/mol. The highest BCUT2D eigenvalue weighted by molar-refractivity contribution is 5.71. The molecule has 0 saturated carbocycles. The lowest BCUT2D eigenvalue weighted by Crippen LogP contribution is -1.81. The average molecular weight is 250 g/mol. The van der Waals surface area contributed by atoms with Crippen LogP contribution in [-0.2, 0) is 6.61 Å². The van der Waals surface area contributed by atoms with Crippen LogP contribution < -0.4 is 0 Å². The maximum Gasteiger partial charge on any atom is 0.0924 e. The van der Waals surface area contributed by atoms with E-state index in [2.05, 4.69) is 34.5 Å². The molecule has 2 aromatic carbocycles. The summed E-state index contributed by atoms with van der Waals surface area (Å²) in [5, 5.41) is 16.1. The monoisotopic (exact) mass is 250 g/mol. The predicted molar refractivity (Wildman–Crippen MR) is 75.4 cm³/mol. The summed E-state index contributed by atoms with van der Waals surface area (Å²) in [6.07, 6.45) is 0. The van der Waals surface area contributed by atoms with E-state index < -0.39 is 0 Å². The number of nitrogens with zero attached hydrogens (tertiary/aromatic N) is 1. The summed E-state index contributed by atoms with van der Waals surface area (Å²) >= 11 is 0. The van der Waals surface area contributed by atoms with E-state index in [1.807, 2.05) is 36.4 Å². The number of aromatic amines is 1. The quantitative estimate of drug-likeness (QED) is 0.749. The molecule has 2 N–H and O–H groups in total.